The van der Waals surface area contributed by atoms with Gasteiger partial charge >= 0.3 is 0 Å². The molecular weight excluding hydrogens is 951 g/mol. The number of hydrogen-bond acceptors (Lipinski definition) is 13. The Morgan fingerprint density at radius 1 is 0.554 bits per heavy atom. The molecule has 1 aromatic carbocycles. The summed E-state index contributed by atoms with van der Waals surface area (Å²) in [6.07, 6.45) is 9.47. The van der Waals surface area contributed by atoms with Crippen LogP contribution in [0.4, 0.5) is 0 Å². The highest BCUT2D eigenvalue weighted by Crippen LogP contribution is 2.13. The predicted octanol–water partition coefficient (Wildman–Crippen LogP) is -0.354. The molecular formula is C52H91N13O9. The van der Waals surface area contributed by atoms with Crippen molar-refractivity contribution < 1.29 is 43.2 Å². The van der Waals surface area contributed by atoms with Gasteiger partial charge in [0.25, 0.3) is 0 Å². The summed E-state index contributed by atoms with van der Waals surface area (Å²) in [6, 6.07) is -1.37. The lowest BCUT2D eigenvalue weighted by molar-refractivity contribution is -0.136. The van der Waals surface area contributed by atoms with Gasteiger partial charge in [0.15, 0.2) is 0 Å². The summed E-state index contributed by atoms with van der Waals surface area (Å²) < 4.78 is 0. The van der Waals surface area contributed by atoms with Crippen molar-refractivity contribution >= 4 is 53.2 Å². The van der Waals surface area contributed by atoms with Crippen LogP contribution in [-0.4, -0.2) is 134 Å². The Hall–Kier alpha value is -5.71. The highest BCUT2D eigenvalue weighted by atomic mass is 16.2. The van der Waals surface area contributed by atoms with E-state index in [1.807, 2.05) is 27.7 Å². The van der Waals surface area contributed by atoms with Crippen LogP contribution in [0, 0.1) is 11.8 Å². The molecule has 74 heavy (non-hydrogen) atoms. The van der Waals surface area contributed by atoms with E-state index in [0.717, 1.165) is 25.7 Å². The molecule has 17 N–H and O–H groups in total. The van der Waals surface area contributed by atoms with Crippen LogP contribution in [0.1, 0.15) is 143 Å². The van der Waals surface area contributed by atoms with Crippen LogP contribution in [0.5, 0.6) is 0 Å². The second-order valence-electron chi connectivity index (χ2n) is 20.1. The molecule has 0 bridgehead atoms. The Labute approximate surface area is 438 Å². The first-order valence-corrected chi connectivity index (χ1v) is 26.9. The van der Waals surface area contributed by atoms with E-state index < -0.39 is 95.6 Å². The molecule has 1 aliphatic heterocycles. The van der Waals surface area contributed by atoms with Crippen molar-refractivity contribution in [3.63, 3.8) is 0 Å². The molecule has 2 rings (SSSR count). The molecule has 0 saturated carbocycles. The molecule has 0 unspecified atom stereocenters. The second-order valence-corrected chi connectivity index (χ2v) is 20.1. The fraction of sp³-hybridized carbons (Fsp3) is 0.712. The van der Waals surface area contributed by atoms with Gasteiger partial charge in [-0.1, -0.05) is 116 Å². The van der Waals surface area contributed by atoms with Gasteiger partial charge in [-0.15, -0.1) is 0 Å². The maximum atomic E-state index is 14.3. The summed E-state index contributed by atoms with van der Waals surface area (Å²) in [4.78, 5) is 126. The van der Waals surface area contributed by atoms with Crippen molar-refractivity contribution in [2.75, 3.05) is 32.7 Å². The zero-order chi connectivity index (χ0) is 55.0. The zero-order valence-electron chi connectivity index (χ0n) is 44.7. The molecule has 0 spiro atoms. The number of nitrogens with one attached hydrogen (secondary N) is 9. The minimum Gasteiger partial charge on any atom is -0.354 e. The number of carbonyl (C=O) groups is 9. The lowest BCUT2D eigenvalue weighted by Crippen LogP contribution is -2.61. The average Bonchev–Trinajstić information content (AvgIpc) is 3.35. The van der Waals surface area contributed by atoms with Gasteiger partial charge in [0, 0.05) is 25.9 Å². The number of carbonyl (C=O) groups excluding carboxylic acids is 9. The van der Waals surface area contributed by atoms with Crippen molar-refractivity contribution in [2.45, 2.75) is 192 Å². The minimum atomic E-state index is -1.43. The Balaban J connectivity index is 2.60. The Kier molecular flexibility index (Phi) is 31.6. The van der Waals surface area contributed by atoms with E-state index in [-0.39, 0.29) is 102 Å². The van der Waals surface area contributed by atoms with E-state index in [1.54, 1.807) is 30.3 Å². The molecule has 0 radical (unpaired) electrons. The molecule has 1 fully saturated rings. The fourth-order valence-electron chi connectivity index (χ4n) is 8.50. The molecule has 0 aromatic heterocycles. The second kappa shape index (κ2) is 36.3. The molecule has 0 aliphatic carbocycles. The van der Waals surface area contributed by atoms with Crippen molar-refractivity contribution in [3.8, 4) is 0 Å². The summed E-state index contributed by atoms with van der Waals surface area (Å²) >= 11 is 0. The molecule has 22 nitrogen and oxygen atoms in total. The maximum Gasteiger partial charge on any atom is 0.244 e. The summed E-state index contributed by atoms with van der Waals surface area (Å²) in [6.45, 7) is 8.83. The smallest absolute Gasteiger partial charge is 0.244 e. The van der Waals surface area contributed by atoms with Gasteiger partial charge in [-0.05, 0) is 82.0 Å². The monoisotopic (exact) mass is 1040 g/mol. The summed E-state index contributed by atoms with van der Waals surface area (Å²) in [5.74, 6) is -6.68. The van der Waals surface area contributed by atoms with Crippen molar-refractivity contribution in [1.29, 1.82) is 0 Å². The third-order valence-electron chi connectivity index (χ3n) is 12.6. The lowest BCUT2D eigenvalue weighted by Gasteiger charge is -2.28. The van der Waals surface area contributed by atoms with Gasteiger partial charge in [0.05, 0.1) is 0 Å². The third kappa shape index (κ3) is 25.0. The standard InChI is InChI=1S/C52H91N13O9/c1-6-7-8-9-10-11-12-13-17-20-44(66)58-43(32-56)52(74)62-39-24-28-57-45(67)40(29-33(2)3)63-47(69)37(22-26-54)59-46(68)36(21-25-53)61-50(72)41(30-34(4)5)64-51(73)42(31-35-18-15-14-16-19-35)65-48(70)38(23-27-55)60-49(39)71/h14-16,18-19,33-34,36-43H,6-13,17,20-32,53-56H2,1-5H3,(H,57,67)(H,58,66)(H,59,68)(H,60,71)(H,61,72)(H,62,74)(H,63,69)(H,64,73)(H,65,70)/t36-,37-,38-,39-,40-,41-,42+,43+/m0/s1. The SMILES string of the molecule is CCCCCCCCCCCC(=O)N[C@H](CN)C(=O)N[C@H]1CCNC(=O)[C@H](CC(C)C)NC(=O)[C@H](CCN)NC(=O)[C@H](CCN)NC(=O)[C@H](CC(C)C)NC(=O)[C@@H](Cc2ccccc2)NC(=O)[C@H](CCN)NC1=O. The van der Waals surface area contributed by atoms with Crippen molar-refractivity contribution in [1.82, 2.24) is 47.9 Å². The lowest BCUT2D eigenvalue weighted by atomic mass is 10.00. The Morgan fingerprint density at radius 2 is 0.973 bits per heavy atom. The largest absolute Gasteiger partial charge is 0.354 e. The summed E-state index contributed by atoms with van der Waals surface area (Å²) in [7, 11) is 0. The van der Waals surface area contributed by atoms with Crippen LogP contribution in [0.25, 0.3) is 0 Å². The van der Waals surface area contributed by atoms with E-state index in [1.165, 1.54) is 25.7 Å². The molecule has 1 aromatic rings. The predicted molar refractivity (Wildman–Crippen MR) is 284 cm³/mol. The van der Waals surface area contributed by atoms with Crippen molar-refractivity contribution in [3.05, 3.63) is 35.9 Å². The number of hydrogen-bond donors (Lipinski definition) is 13. The number of unbranched alkanes of at least 4 members (excludes halogenated alkanes) is 8. The van der Waals surface area contributed by atoms with Crippen LogP contribution in [0.15, 0.2) is 30.3 Å². The first-order chi connectivity index (χ1) is 35.4. The van der Waals surface area contributed by atoms with Crippen LogP contribution in [0.2, 0.25) is 0 Å². The number of amides is 9. The molecule has 1 heterocycles. The van der Waals surface area contributed by atoms with Crippen molar-refractivity contribution in [2.24, 2.45) is 34.8 Å². The maximum absolute atomic E-state index is 14.3. The van der Waals surface area contributed by atoms with Crippen LogP contribution in [0.3, 0.4) is 0 Å². The fourth-order valence-corrected chi connectivity index (χ4v) is 8.50. The molecule has 1 saturated heterocycles. The van der Waals surface area contributed by atoms with Gasteiger partial charge < -0.3 is 70.8 Å². The van der Waals surface area contributed by atoms with Crippen LogP contribution >= 0.6 is 0 Å². The van der Waals surface area contributed by atoms with Crippen LogP contribution in [-0.2, 0) is 49.6 Å². The highest BCUT2D eigenvalue weighted by Gasteiger charge is 2.35. The van der Waals surface area contributed by atoms with Gasteiger partial charge in [-0.25, -0.2) is 0 Å². The van der Waals surface area contributed by atoms with E-state index in [0.29, 0.717) is 12.0 Å². The van der Waals surface area contributed by atoms with E-state index in [4.69, 9.17) is 22.9 Å². The number of nitrogens with two attached hydrogens (primary N) is 4. The minimum absolute atomic E-state index is 0.0359. The van der Waals surface area contributed by atoms with E-state index in [9.17, 15) is 43.2 Å². The summed E-state index contributed by atoms with van der Waals surface area (Å²) in [5.41, 5.74) is 24.4. The molecule has 418 valence electrons. The quantitative estimate of drug-likeness (QED) is 0.0529. The van der Waals surface area contributed by atoms with E-state index >= 15 is 0 Å². The van der Waals surface area contributed by atoms with E-state index in [2.05, 4.69) is 54.8 Å². The average molecular weight is 1040 g/mol. The number of benzene rings is 1. The normalized spacial score (nSPS) is 22.6. The third-order valence-corrected chi connectivity index (χ3v) is 12.6. The molecule has 8 atom stereocenters. The van der Waals surface area contributed by atoms with Crippen LogP contribution < -0.4 is 70.8 Å². The van der Waals surface area contributed by atoms with Gasteiger partial charge in [0.1, 0.15) is 48.3 Å². The molecule has 9 amide bonds. The highest BCUT2D eigenvalue weighted by molar-refractivity contribution is 5.98. The first kappa shape index (κ1) is 64.4. The van der Waals surface area contributed by atoms with Gasteiger partial charge in [0.2, 0.25) is 53.2 Å². The molecule has 1 aliphatic rings. The Bertz CT molecular complexity index is 1910. The topological polar surface area (TPSA) is 366 Å². The summed E-state index contributed by atoms with van der Waals surface area (Å²) in [5, 5.41) is 24.3. The number of rotatable bonds is 26. The Morgan fingerprint density at radius 3 is 1.45 bits per heavy atom. The molecule has 22 heteroatoms. The van der Waals surface area contributed by atoms with Gasteiger partial charge in [-0.2, -0.15) is 0 Å². The van der Waals surface area contributed by atoms with Gasteiger partial charge in [-0.3, -0.25) is 43.2 Å². The zero-order valence-corrected chi connectivity index (χ0v) is 44.7. The first-order valence-electron chi connectivity index (χ1n) is 26.9.